The van der Waals surface area contributed by atoms with Gasteiger partial charge in [0.1, 0.15) is 10.7 Å². The molecule has 0 radical (unpaired) electrons. The van der Waals surface area contributed by atoms with Crippen LogP contribution in [-0.4, -0.2) is 55.8 Å². The van der Waals surface area contributed by atoms with Gasteiger partial charge in [-0.2, -0.15) is 4.31 Å². The van der Waals surface area contributed by atoms with Gasteiger partial charge < -0.3 is 10.6 Å². The molecular formula is C12H20N4O2S. The number of nitrogens with two attached hydrogens (primary N) is 1. The van der Waals surface area contributed by atoms with Gasteiger partial charge in [0.15, 0.2) is 0 Å². The predicted molar refractivity (Wildman–Crippen MR) is 74.1 cm³/mol. The number of nitrogen functional groups attached to an aromatic ring is 1. The van der Waals surface area contributed by atoms with Crippen LogP contribution in [0.1, 0.15) is 12.8 Å². The minimum Gasteiger partial charge on any atom is -0.384 e. The molecule has 1 aliphatic rings. The van der Waals surface area contributed by atoms with Gasteiger partial charge in [0.25, 0.3) is 0 Å². The molecule has 7 heteroatoms. The number of anilines is 1. The van der Waals surface area contributed by atoms with Crippen molar-refractivity contribution in [3.8, 4) is 0 Å². The maximum Gasteiger partial charge on any atom is 0.244 e. The van der Waals surface area contributed by atoms with Crippen molar-refractivity contribution >= 4 is 15.8 Å². The molecule has 2 heterocycles. The molecule has 0 unspecified atom stereocenters. The van der Waals surface area contributed by atoms with Crippen LogP contribution in [0.4, 0.5) is 5.82 Å². The Hall–Kier alpha value is -1.18. The lowest BCUT2D eigenvalue weighted by molar-refractivity contribution is 0.310. The molecule has 0 atom stereocenters. The fraction of sp³-hybridized carbons (Fsp3) is 0.583. The maximum absolute atomic E-state index is 12.3. The lowest BCUT2D eigenvalue weighted by atomic mass is 10.4. The van der Waals surface area contributed by atoms with Crippen LogP contribution in [0.5, 0.6) is 0 Å². The van der Waals surface area contributed by atoms with Crippen molar-refractivity contribution in [2.75, 3.05) is 39.0 Å². The van der Waals surface area contributed by atoms with E-state index in [0.29, 0.717) is 12.4 Å². The van der Waals surface area contributed by atoms with Crippen molar-refractivity contribution in [3.05, 3.63) is 18.3 Å². The van der Waals surface area contributed by atoms with E-state index in [4.69, 9.17) is 5.73 Å². The molecule has 0 amide bonds. The number of sulfonamides is 1. The average Bonchev–Trinajstić information content (AvgIpc) is 2.89. The molecule has 0 aliphatic carbocycles. The highest BCUT2D eigenvalue weighted by atomic mass is 32.2. The molecule has 106 valence electrons. The summed E-state index contributed by atoms with van der Waals surface area (Å²) < 4.78 is 25.9. The van der Waals surface area contributed by atoms with Gasteiger partial charge in [-0.1, -0.05) is 0 Å². The monoisotopic (exact) mass is 284 g/mol. The summed E-state index contributed by atoms with van der Waals surface area (Å²) in [4.78, 5) is 6.30. The number of rotatable bonds is 5. The largest absolute Gasteiger partial charge is 0.384 e. The molecule has 2 rings (SSSR count). The molecule has 0 saturated carbocycles. The first kappa shape index (κ1) is 14.2. The first-order valence-corrected chi connectivity index (χ1v) is 7.84. The third-order valence-electron chi connectivity index (χ3n) is 3.40. The van der Waals surface area contributed by atoms with Crippen LogP contribution >= 0.6 is 0 Å². The van der Waals surface area contributed by atoms with Crippen LogP contribution in [-0.2, 0) is 10.0 Å². The summed E-state index contributed by atoms with van der Waals surface area (Å²) >= 11 is 0. The predicted octanol–water partition coefficient (Wildman–Crippen LogP) is 0.380. The van der Waals surface area contributed by atoms with Crippen LogP contribution in [0.25, 0.3) is 0 Å². The smallest absolute Gasteiger partial charge is 0.244 e. The zero-order valence-corrected chi connectivity index (χ0v) is 11.9. The van der Waals surface area contributed by atoms with E-state index in [1.807, 2.05) is 0 Å². The van der Waals surface area contributed by atoms with Crippen LogP contribution < -0.4 is 5.73 Å². The van der Waals surface area contributed by atoms with Crippen molar-refractivity contribution in [2.24, 2.45) is 0 Å². The van der Waals surface area contributed by atoms with E-state index in [2.05, 4.69) is 9.88 Å². The number of nitrogens with zero attached hydrogens (tertiary/aromatic N) is 3. The fourth-order valence-electron chi connectivity index (χ4n) is 2.13. The summed E-state index contributed by atoms with van der Waals surface area (Å²) in [5.74, 6) is 0.318. The molecule has 1 aromatic rings. The Morgan fingerprint density at radius 3 is 2.63 bits per heavy atom. The summed E-state index contributed by atoms with van der Waals surface area (Å²) in [7, 11) is -1.86. The first-order chi connectivity index (χ1) is 9.00. The second kappa shape index (κ2) is 5.85. The third kappa shape index (κ3) is 3.43. The van der Waals surface area contributed by atoms with Crippen molar-refractivity contribution in [2.45, 2.75) is 17.7 Å². The fourth-order valence-corrected chi connectivity index (χ4v) is 3.24. The Balaban J connectivity index is 1.99. The lowest BCUT2D eigenvalue weighted by Crippen LogP contribution is -2.35. The van der Waals surface area contributed by atoms with Crippen LogP contribution in [0, 0.1) is 0 Å². The molecule has 1 saturated heterocycles. The average molecular weight is 284 g/mol. The minimum absolute atomic E-state index is 0.186. The summed E-state index contributed by atoms with van der Waals surface area (Å²) in [6.07, 6.45) is 3.72. The van der Waals surface area contributed by atoms with Gasteiger partial charge in [-0.15, -0.1) is 0 Å². The second-order valence-corrected chi connectivity index (χ2v) is 6.84. The molecule has 1 fully saturated rings. The second-order valence-electron chi connectivity index (χ2n) is 4.79. The van der Waals surface area contributed by atoms with Gasteiger partial charge in [-0.3, -0.25) is 0 Å². The summed E-state index contributed by atoms with van der Waals surface area (Å²) in [5.41, 5.74) is 5.46. The van der Waals surface area contributed by atoms with E-state index in [9.17, 15) is 8.42 Å². The van der Waals surface area contributed by atoms with Crippen molar-refractivity contribution in [3.63, 3.8) is 0 Å². The quantitative estimate of drug-likeness (QED) is 0.845. The van der Waals surface area contributed by atoms with Crippen molar-refractivity contribution in [1.29, 1.82) is 0 Å². The highest BCUT2D eigenvalue weighted by molar-refractivity contribution is 7.89. The van der Waals surface area contributed by atoms with E-state index in [1.165, 1.54) is 35.5 Å². The van der Waals surface area contributed by atoms with Gasteiger partial charge in [0.05, 0.1) is 0 Å². The topological polar surface area (TPSA) is 79.5 Å². The Labute approximate surface area is 114 Å². The number of pyridine rings is 1. The molecule has 2 N–H and O–H groups in total. The summed E-state index contributed by atoms with van der Waals surface area (Å²) in [6, 6.07) is 2.99. The maximum atomic E-state index is 12.3. The van der Waals surface area contributed by atoms with Gasteiger partial charge in [-0.05, 0) is 38.1 Å². The van der Waals surface area contributed by atoms with Crippen molar-refractivity contribution in [1.82, 2.24) is 14.2 Å². The van der Waals surface area contributed by atoms with E-state index in [1.54, 1.807) is 7.05 Å². The van der Waals surface area contributed by atoms with Gasteiger partial charge in [0, 0.05) is 26.3 Å². The standard InChI is InChI=1S/C12H20N4O2S/c1-15(8-9-16-6-2-3-7-16)19(17,18)11-4-5-12(13)14-10-11/h4-5,10H,2-3,6-9H2,1H3,(H2,13,14). The molecule has 0 bridgehead atoms. The first-order valence-electron chi connectivity index (χ1n) is 6.40. The lowest BCUT2D eigenvalue weighted by Gasteiger charge is -2.21. The molecule has 1 aliphatic heterocycles. The van der Waals surface area contributed by atoms with E-state index < -0.39 is 10.0 Å². The highest BCUT2D eigenvalue weighted by Crippen LogP contribution is 2.14. The number of hydrogen-bond donors (Lipinski definition) is 1. The minimum atomic E-state index is -3.46. The number of hydrogen-bond acceptors (Lipinski definition) is 5. The van der Waals surface area contributed by atoms with Crippen LogP contribution in [0.15, 0.2) is 23.2 Å². The third-order valence-corrected chi connectivity index (χ3v) is 5.24. The number of likely N-dealkylation sites (N-methyl/N-ethyl adjacent to an activating group) is 1. The molecule has 0 spiro atoms. The molecule has 1 aromatic heterocycles. The number of likely N-dealkylation sites (tertiary alicyclic amines) is 1. The van der Waals surface area contributed by atoms with Gasteiger partial charge >= 0.3 is 0 Å². The SMILES string of the molecule is CN(CCN1CCCC1)S(=O)(=O)c1ccc(N)nc1. The highest BCUT2D eigenvalue weighted by Gasteiger charge is 2.22. The van der Waals surface area contributed by atoms with E-state index in [0.717, 1.165) is 19.6 Å². The van der Waals surface area contributed by atoms with E-state index in [-0.39, 0.29) is 4.90 Å². The zero-order chi connectivity index (χ0) is 13.9. The Kier molecular flexibility index (Phi) is 4.38. The van der Waals surface area contributed by atoms with Crippen LogP contribution in [0.3, 0.4) is 0 Å². The van der Waals surface area contributed by atoms with Gasteiger partial charge in [-0.25, -0.2) is 13.4 Å². The Morgan fingerprint density at radius 1 is 1.37 bits per heavy atom. The summed E-state index contributed by atoms with van der Waals surface area (Å²) in [5, 5.41) is 0. The van der Waals surface area contributed by atoms with Crippen LogP contribution in [0.2, 0.25) is 0 Å². The normalized spacial score (nSPS) is 17.2. The molecule has 0 aromatic carbocycles. The number of aromatic nitrogens is 1. The Morgan fingerprint density at radius 2 is 2.05 bits per heavy atom. The zero-order valence-electron chi connectivity index (χ0n) is 11.1. The Bertz CT molecular complexity index is 509. The molecule has 6 nitrogen and oxygen atoms in total. The molecular weight excluding hydrogens is 264 g/mol. The summed E-state index contributed by atoms with van der Waals surface area (Å²) in [6.45, 7) is 3.40. The molecule has 19 heavy (non-hydrogen) atoms. The van der Waals surface area contributed by atoms with Gasteiger partial charge in [0.2, 0.25) is 10.0 Å². The van der Waals surface area contributed by atoms with E-state index >= 15 is 0 Å². The van der Waals surface area contributed by atoms with Crippen molar-refractivity contribution < 1.29 is 8.42 Å².